The van der Waals surface area contributed by atoms with Crippen molar-refractivity contribution in [2.75, 3.05) is 0 Å². The van der Waals surface area contributed by atoms with Crippen molar-refractivity contribution in [1.29, 1.82) is 0 Å². The Balaban J connectivity index is 2.48. The van der Waals surface area contributed by atoms with E-state index in [0.29, 0.717) is 30.4 Å². The van der Waals surface area contributed by atoms with E-state index in [4.69, 9.17) is 0 Å². The fourth-order valence-electron chi connectivity index (χ4n) is 3.75. The normalized spacial score (nSPS) is 14.5. The maximum absolute atomic E-state index is 10.8. The molecule has 0 heterocycles. The highest BCUT2D eigenvalue weighted by Gasteiger charge is 2.22. The van der Waals surface area contributed by atoms with Crippen LogP contribution >= 0.6 is 0 Å². The SMILES string of the molecule is CC(C)=CCCC(C)=CCCC(C)=CCCC(C)(O)CCc1c(C)c(O)cc(C)c1O. The second-order valence-electron chi connectivity index (χ2n) is 9.66. The molecule has 0 fully saturated rings. The van der Waals surface area contributed by atoms with Gasteiger partial charge in [-0.15, -0.1) is 0 Å². The van der Waals surface area contributed by atoms with Crippen molar-refractivity contribution < 1.29 is 15.3 Å². The molecule has 31 heavy (non-hydrogen) atoms. The molecule has 0 spiro atoms. The summed E-state index contributed by atoms with van der Waals surface area (Å²) in [4.78, 5) is 0. The molecule has 1 atom stereocenters. The Morgan fingerprint density at radius 2 is 1.42 bits per heavy atom. The third-order valence-electron chi connectivity index (χ3n) is 6.06. The van der Waals surface area contributed by atoms with Crippen molar-refractivity contribution in [3.05, 3.63) is 57.7 Å². The zero-order valence-corrected chi connectivity index (χ0v) is 20.8. The number of aliphatic hydroxyl groups is 1. The number of hydrogen-bond acceptors (Lipinski definition) is 3. The molecule has 0 aliphatic heterocycles. The summed E-state index contributed by atoms with van der Waals surface area (Å²) < 4.78 is 0. The maximum atomic E-state index is 10.8. The maximum Gasteiger partial charge on any atom is 0.122 e. The Kier molecular flexibility index (Phi) is 11.1. The minimum atomic E-state index is -0.809. The van der Waals surface area contributed by atoms with Crippen LogP contribution in [0.25, 0.3) is 0 Å². The van der Waals surface area contributed by atoms with Crippen LogP contribution in [0.1, 0.15) is 96.3 Å². The number of rotatable bonds is 12. The minimum Gasteiger partial charge on any atom is -0.508 e. The molecular weight excluding hydrogens is 384 g/mol. The van der Waals surface area contributed by atoms with E-state index in [-0.39, 0.29) is 11.5 Å². The van der Waals surface area contributed by atoms with Crippen molar-refractivity contribution in [2.24, 2.45) is 0 Å². The van der Waals surface area contributed by atoms with Gasteiger partial charge in [-0.1, -0.05) is 34.9 Å². The van der Waals surface area contributed by atoms with Crippen LogP contribution in [0.3, 0.4) is 0 Å². The molecule has 3 nitrogen and oxygen atoms in total. The van der Waals surface area contributed by atoms with E-state index in [1.54, 1.807) is 13.0 Å². The number of phenolic OH excluding ortho intramolecular Hbond substituents is 2. The van der Waals surface area contributed by atoms with Crippen LogP contribution in [0.15, 0.2) is 41.0 Å². The Labute approximate surface area is 190 Å². The summed E-state index contributed by atoms with van der Waals surface area (Å²) >= 11 is 0. The molecule has 0 amide bonds. The molecule has 0 radical (unpaired) electrons. The van der Waals surface area contributed by atoms with Crippen LogP contribution in [-0.2, 0) is 6.42 Å². The lowest BCUT2D eigenvalue weighted by molar-refractivity contribution is 0.0431. The van der Waals surface area contributed by atoms with Gasteiger partial charge in [-0.25, -0.2) is 0 Å². The Morgan fingerprint density at radius 3 is 2.00 bits per heavy atom. The van der Waals surface area contributed by atoms with Crippen LogP contribution in [-0.4, -0.2) is 20.9 Å². The fraction of sp³-hybridized carbons (Fsp3) is 0.571. The number of benzene rings is 1. The van der Waals surface area contributed by atoms with E-state index in [2.05, 4.69) is 45.9 Å². The highest BCUT2D eigenvalue weighted by atomic mass is 16.3. The summed E-state index contributed by atoms with van der Waals surface area (Å²) in [6.07, 6.45) is 13.8. The topological polar surface area (TPSA) is 60.7 Å². The van der Waals surface area contributed by atoms with E-state index >= 15 is 0 Å². The predicted molar refractivity (Wildman–Crippen MR) is 133 cm³/mol. The molecule has 3 heteroatoms. The van der Waals surface area contributed by atoms with Crippen molar-refractivity contribution in [3.8, 4) is 11.5 Å². The van der Waals surface area contributed by atoms with E-state index in [1.165, 1.54) is 16.7 Å². The zero-order chi connectivity index (χ0) is 23.6. The molecule has 0 saturated heterocycles. The van der Waals surface area contributed by atoms with Gasteiger partial charge in [0.2, 0.25) is 0 Å². The second kappa shape index (κ2) is 12.8. The summed E-state index contributed by atoms with van der Waals surface area (Å²) in [5, 5.41) is 31.1. The first kappa shape index (κ1) is 27.0. The van der Waals surface area contributed by atoms with Crippen LogP contribution in [0.2, 0.25) is 0 Å². The fourth-order valence-corrected chi connectivity index (χ4v) is 3.75. The molecule has 0 aliphatic rings. The monoisotopic (exact) mass is 428 g/mol. The molecular formula is C28H44O3. The molecule has 1 aromatic carbocycles. The second-order valence-corrected chi connectivity index (χ2v) is 9.66. The summed E-state index contributed by atoms with van der Waals surface area (Å²) in [7, 11) is 0. The van der Waals surface area contributed by atoms with Crippen molar-refractivity contribution in [2.45, 2.75) is 105 Å². The third-order valence-corrected chi connectivity index (χ3v) is 6.06. The molecule has 174 valence electrons. The first-order chi connectivity index (χ1) is 14.4. The molecule has 1 aromatic rings. The van der Waals surface area contributed by atoms with Gasteiger partial charge < -0.3 is 15.3 Å². The lowest BCUT2D eigenvalue weighted by Gasteiger charge is -2.24. The summed E-state index contributed by atoms with van der Waals surface area (Å²) in [5.74, 6) is 0.427. The average molecular weight is 429 g/mol. The summed E-state index contributed by atoms with van der Waals surface area (Å²) in [6, 6.07) is 1.58. The lowest BCUT2D eigenvalue weighted by Crippen LogP contribution is -2.24. The average Bonchev–Trinajstić information content (AvgIpc) is 2.66. The van der Waals surface area contributed by atoms with Gasteiger partial charge in [-0.05, 0) is 117 Å². The van der Waals surface area contributed by atoms with Crippen LogP contribution in [0.5, 0.6) is 11.5 Å². The van der Waals surface area contributed by atoms with Gasteiger partial charge >= 0.3 is 0 Å². The van der Waals surface area contributed by atoms with Crippen molar-refractivity contribution >= 4 is 0 Å². The van der Waals surface area contributed by atoms with Crippen LogP contribution < -0.4 is 0 Å². The van der Waals surface area contributed by atoms with Gasteiger partial charge in [0.05, 0.1) is 5.60 Å². The molecule has 1 rings (SSSR count). The standard InChI is InChI=1S/C28H44O3/c1-20(2)11-8-12-21(3)13-9-14-22(4)15-10-17-28(7,31)18-16-25-24(6)26(29)19-23(5)27(25)30/h11,13,15,19,29-31H,8-10,12,14,16-18H2,1-7H3. The van der Waals surface area contributed by atoms with Crippen molar-refractivity contribution in [3.63, 3.8) is 0 Å². The number of aromatic hydroxyl groups is 2. The Hall–Kier alpha value is -2.00. The van der Waals surface area contributed by atoms with Gasteiger partial charge in [0.15, 0.2) is 0 Å². The number of hydrogen-bond donors (Lipinski definition) is 3. The van der Waals surface area contributed by atoms with Crippen LogP contribution in [0.4, 0.5) is 0 Å². The first-order valence-electron chi connectivity index (χ1n) is 11.6. The molecule has 0 aliphatic carbocycles. The number of aryl methyl sites for hydroxylation is 1. The molecule has 3 N–H and O–H groups in total. The highest BCUT2D eigenvalue weighted by molar-refractivity contribution is 5.51. The zero-order valence-electron chi connectivity index (χ0n) is 20.8. The molecule has 0 saturated carbocycles. The van der Waals surface area contributed by atoms with E-state index in [0.717, 1.165) is 37.7 Å². The lowest BCUT2D eigenvalue weighted by atomic mass is 9.89. The summed E-state index contributed by atoms with van der Waals surface area (Å²) in [6.45, 7) is 14.1. The van der Waals surface area contributed by atoms with Gasteiger partial charge in [0.25, 0.3) is 0 Å². The van der Waals surface area contributed by atoms with Gasteiger partial charge in [0.1, 0.15) is 11.5 Å². The van der Waals surface area contributed by atoms with E-state index < -0.39 is 5.60 Å². The molecule has 0 bridgehead atoms. The predicted octanol–water partition coefficient (Wildman–Crippen LogP) is 7.60. The van der Waals surface area contributed by atoms with E-state index in [1.807, 2.05) is 13.8 Å². The molecule has 1 unspecified atom stereocenters. The largest absolute Gasteiger partial charge is 0.508 e. The quantitative estimate of drug-likeness (QED) is 0.237. The highest BCUT2D eigenvalue weighted by Crippen LogP contribution is 2.34. The van der Waals surface area contributed by atoms with Gasteiger partial charge in [-0.2, -0.15) is 0 Å². The Morgan fingerprint density at radius 1 is 0.871 bits per heavy atom. The van der Waals surface area contributed by atoms with Gasteiger partial charge in [0, 0.05) is 5.56 Å². The molecule has 0 aromatic heterocycles. The van der Waals surface area contributed by atoms with Crippen molar-refractivity contribution in [1.82, 2.24) is 0 Å². The minimum absolute atomic E-state index is 0.199. The Bertz CT molecular complexity index is 780. The number of allylic oxidation sites excluding steroid dienone is 6. The van der Waals surface area contributed by atoms with E-state index in [9.17, 15) is 15.3 Å². The smallest absolute Gasteiger partial charge is 0.122 e. The van der Waals surface area contributed by atoms with Crippen LogP contribution in [0, 0.1) is 13.8 Å². The number of phenols is 2. The van der Waals surface area contributed by atoms with Gasteiger partial charge in [-0.3, -0.25) is 0 Å². The summed E-state index contributed by atoms with van der Waals surface area (Å²) in [5.41, 5.74) is 5.48. The third kappa shape index (κ3) is 10.2. The first-order valence-corrected chi connectivity index (χ1v) is 11.6.